The highest BCUT2D eigenvalue weighted by Gasteiger charge is 2.27. The van der Waals surface area contributed by atoms with Crippen molar-refractivity contribution in [2.45, 2.75) is 289 Å². The maximum absolute atomic E-state index is 12.9. The molecule has 0 aromatic carbocycles. The lowest BCUT2D eigenvalue weighted by Gasteiger charge is -2.25. The van der Waals surface area contributed by atoms with E-state index in [-0.39, 0.29) is 19.1 Å². The van der Waals surface area contributed by atoms with E-state index in [2.05, 4.69) is 31.3 Å². The summed E-state index contributed by atoms with van der Waals surface area (Å²) in [6.45, 7) is 4.84. The Balaban J connectivity index is 4.18. The number of likely N-dealkylation sites (N-methyl/N-ethyl adjacent to an activating group) is 1. The second-order valence-corrected chi connectivity index (χ2v) is 22.1. The summed E-state index contributed by atoms with van der Waals surface area (Å²) in [5, 5.41) is 13.9. The third-order valence-electron chi connectivity index (χ3n) is 12.9. The van der Waals surface area contributed by atoms with Crippen LogP contribution in [0, 0.1) is 0 Å². The first-order chi connectivity index (χ1) is 31.5. The van der Waals surface area contributed by atoms with Gasteiger partial charge in [-0.05, 0) is 44.9 Å². The zero-order valence-corrected chi connectivity index (χ0v) is 44.9. The number of phosphoric acid groups is 1. The summed E-state index contributed by atoms with van der Waals surface area (Å²) in [5.74, 6) is -0.182. The normalized spacial score (nSPS) is 14.1. The number of nitrogens with zero attached hydrogens (tertiary/aromatic N) is 1. The minimum absolute atomic E-state index is 0.0614. The number of quaternary nitrogens is 1. The van der Waals surface area contributed by atoms with Gasteiger partial charge in [-0.25, -0.2) is 4.57 Å². The molecule has 8 nitrogen and oxygen atoms in total. The van der Waals surface area contributed by atoms with Gasteiger partial charge in [-0.15, -0.1) is 0 Å². The van der Waals surface area contributed by atoms with E-state index in [9.17, 15) is 19.4 Å². The summed E-state index contributed by atoms with van der Waals surface area (Å²) in [4.78, 5) is 23.2. The summed E-state index contributed by atoms with van der Waals surface area (Å²) in [5.41, 5.74) is 0. The lowest BCUT2D eigenvalue weighted by Crippen LogP contribution is -2.45. The number of allylic oxidation sites excluding steroid dienone is 3. The first-order valence-electron chi connectivity index (χ1n) is 28.2. The van der Waals surface area contributed by atoms with Crippen molar-refractivity contribution >= 4 is 13.7 Å². The van der Waals surface area contributed by atoms with Gasteiger partial charge in [0, 0.05) is 6.42 Å². The Morgan fingerprint density at radius 2 is 0.831 bits per heavy atom. The smallest absolute Gasteiger partial charge is 0.387 e. The molecule has 0 saturated carbocycles. The number of rotatable bonds is 52. The fourth-order valence-corrected chi connectivity index (χ4v) is 9.19. The summed E-state index contributed by atoms with van der Waals surface area (Å²) in [7, 11) is 1.58. The van der Waals surface area contributed by atoms with Gasteiger partial charge < -0.3 is 19.8 Å². The van der Waals surface area contributed by atoms with Crippen LogP contribution in [0.2, 0.25) is 0 Å². The van der Waals surface area contributed by atoms with Crippen LogP contribution in [0.25, 0.3) is 0 Å². The largest absolute Gasteiger partial charge is 0.472 e. The molecule has 0 aliphatic carbocycles. The summed E-state index contributed by atoms with van der Waals surface area (Å²) < 4.78 is 23.7. The average Bonchev–Trinajstić information content (AvgIpc) is 3.26. The Bertz CT molecular complexity index is 1110. The molecule has 0 aromatic rings. The average molecular weight is 940 g/mol. The van der Waals surface area contributed by atoms with Gasteiger partial charge in [-0.2, -0.15) is 0 Å². The zero-order chi connectivity index (χ0) is 47.8. The lowest BCUT2D eigenvalue weighted by atomic mass is 10.0. The standard InChI is InChI=1S/C56H111N2O6P/c1-6-8-10-12-14-16-18-20-22-24-25-26-27-28-29-30-31-32-33-34-35-37-39-41-43-45-47-49-55(59)54(53-64-65(61,62)63-52-51-58(3,4)5)57-56(60)50-48-46-44-42-40-38-36-23-21-19-17-15-13-11-9-7-2/h23,36,47,49,54-55,59H,6-22,24-35,37-46,48,50-53H2,1-5H3,(H-,57,60,61,62)/p+1/b36-23-,49-47+. The molecular formula is C56H112N2O6P+. The van der Waals surface area contributed by atoms with Crippen LogP contribution in [0.4, 0.5) is 0 Å². The Labute approximate surface area is 404 Å². The van der Waals surface area contributed by atoms with Gasteiger partial charge in [0.1, 0.15) is 13.2 Å². The summed E-state index contributed by atoms with van der Waals surface area (Å²) in [6, 6.07) is -0.849. The fraction of sp³-hybridized carbons (Fsp3) is 0.911. The van der Waals surface area contributed by atoms with Crippen molar-refractivity contribution in [3.63, 3.8) is 0 Å². The molecule has 1 amide bonds. The van der Waals surface area contributed by atoms with Crippen molar-refractivity contribution in [1.82, 2.24) is 5.32 Å². The van der Waals surface area contributed by atoms with E-state index in [0.717, 1.165) is 51.4 Å². The van der Waals surface area contributed by atoms with E-state index in [0.29, 0.717) is 17.4 Å². The van der Waals surface area contributed by atoms with Crippen molar-refractivity contribution in [3.05, 3.63) is 24.3 Å². The molecule has 0 bridgehead atoms. The summed E-state index contributed by atoms with van der Waals surface area (Å²) >= 11 is 0. The molecule has 3 atom stereocenters. The molecule has 3 unspecified atom stereocenters. The number of aliphatic hydroxyl groups excluding tert-OH is 1. The topological polar surface area (TPSA) is 105 Å². The third-order valence-corrected chi connectivity index (χ3v) is 13.9. The van der Waals surface area contributed by atoms with E-state index < -0.39 is 20.0 Å². The molecule has 0 fully saturated rings. The van der Waals surface area contributed by atoms with Crippen molar-refractivity contribution in [1.29, 1.82) is 0 Å². The number of hydrogen-bond acceptors (Lipinski definition) is 5. The number of phosphoric ester groups is 1. The highest BCUT2D eigenvalue weighted by molar-refractivity contribution is 7.47. The predicted octanol–water partition coefficient (Wildman–Crippen LogP) is 16.8. The van der Waals surface area contributed by atoms with Gasteiger partial charge in [0.15, 0.2) is 0 Å². The molecule has 3 N–H and O–H groups in total. The number of carbonyl (C=O) groups excluding carboxylic acids is 1. The molecule has 0 aliphatic rings. The molecule has 65 heavy (non-hydrogen) atoms. The van der Waals surface area contributed by atoms with Crippen LogP contribution in [0.1, 0.15) is 277 Å². The minimum atomic E-state index is -4.34. The van der Waals surface area contributed by atoms with Crippen LogP contribution in [0.5, 0.6) is 0 Å². The lowest BCUT2D eigenvalue weighted by molar-refractivity contribution is -0.870. The van der Waals surface area contributed by atoms with Gasteiger partial charge >= 0.3 is 7.82 Å². The Morgan fingerprint density at radius 3 is 1.18 bits per heavy atom. The van der Waals surface area contributed by atoms with Gasteiger partial charge in [0.2, 0.25) is 5.91 Å². The van der Waals surface area contributed by atoms with Gasteiger partial charge in [-0.3, -0.25) is 13.8 Å². The van der Waals surface area contributed by atoms with E-state index in [1.807, 2.05) is 27.2 Å². The molecule has 0 spiro atoms. The molecule has 0 aromatic heterocycles. The van der Waals surface area contributed by atoms with Gasteiger partial charge in [0.25, 0.3) is 0 Å². The molecule has 9 heteroatoms. The predicted molar refractivity (Wildman–Crippen MR) is 281 cm³/mol. The van der Waals surface area contributed by atoms with Crippen LogP contribution >= 0.6 is 7.82 Å². The number of hydrogen-bond donors (Lipinski definition) is 3. The Hall–Kier alpha value is -1.02. The minimum Gasteiger partial charge on any atom is -0.387 e. The van der Waals surface area contributed by atoms with Crippen LogP contribution in [0.15, 0.2) is 24.3 Å². The maximum atomic E-state index is 12.9. The van der Waals surface area contributed by atoms with Crippen LogP contribution in [-0.4, -0.2) is 73.4 Å². The molecule has 0 radical (unpaired) electrons. The quantitative estimate of drug-likeness (QED) is 0.0243. The SMILES string of the molecule is CCCCCCCCC/C=C\CCCCCCCC(=O)NC(COP(=O)(O)OCC[N+](C)(C)C)C(O)/C=C/CCCCCCCCCCCCCCCCCCCCCCCCCCC. The van der Waals surface area contributed by atoms with Crippen LogP contribution < -0.4 is 5.32 Å². The Morgan fingerprint density at radius 1 is 0.508 bits per heavy atom. The number of unbranched alkanes of at least 4 members (excludes halogenated alkanes) is 37. The molecule has 386 valence electrons. The van der Waals surface area contributed by atoms with Crippen LogP contribution in [0.3, 0.4) is 0 Å². The molecular weight excluding hydrogens is 828 g/mol. The first-order valence-corrected chi connectivity index (χ1v) is 29.7. The number of carbonyl (C=O) groups is 1. The molecule has 0 rings (SSSR count). The first kappa shape index (κ1) is 64.0. The number of nitrogens with one attached hydrogen (secondary N) is 1. The van der Waals surface area contributed by atoms with Crippen LogP contribution in [-0.2, 0) is 18.4 Å². The molecule has 0 saturated heterocycles. The highest BCUT2D eigenvalue weighted by Crippen LogP contribution is 2.43. The van der Waals surface area contributed by atoms with Crippen molar-refractivity contribution in [3.8, 4) is 0 Å². The van der Waals surface area contributed by atoms with E-state index in [4.69, 9.17) is 9.05 Å². The zero-order valence-electron chi connectivity index (χ0n) is 44.0. The molecule has 0 aliphatic heterocycles. The van der Waals surface area contributed by atoms with Crippen molar-refractivity contribution < 1.29 is 32.9 Å². The van der Waals surface area contributed by atoms with Crippen molar-refractivity contribution in [2.75, 3.05) is 40.9 Å². The van der Waals surface area contributed by atoms with Gasteiger partial charge in [-0.1, -0.05) is 250 Å². The molecule has 0 heterocycles. The van der Waals surface area contributed by atoms with E-state index in [1.165, 1.54) is 205 Å². The monoisotopic (exact) mass is 940 g/mol. The maximum Gasteiger partial charge on any atom is 0.472 e. The fourth-order valence-electron chi connectivity index (χ4n) is 8.45. The highest BCUT2D eigenvalue weighted by atomic mass is 31.2. The summed E-state index contributed by atoms with van der Waals surface area (Å²) in [6.07, 6.45) is 59.9. The number of aliphatic hydroxyl groups is 1. The van der Waals surface area contributed by atoms with Gasteiger partial charge in [0.05, 0.1) is 39.9 Å². The number of amides is 1. The second-order valence-electron chi connectivity index (χ2n) is 20.7. The van der Waals surface area contributed by atoms with Crippen molar-refractivity contribution in [2.24, 2.45) is 0 Å². The van der Waals surface area contributed by atoms with E-state index >= 15 is 0 Å². The van der Waals surface area contributed by atoms with E-state index in [1.54, 1.807) is 6.08 Å². The second kappa shape index (κ2) is 48.0. The Kier molecular flexibility index (Phi) is 47.3. The third kappa shape index (κ3) is 50.7.